The molecule has 2 atom stereocenters. The van der Waals surface area contributed by atoms with Crippen molar-refractivity contribution in [3.63, 3.8) is 0 Å². The van der Waals surface area contributed by atoms with Gasteiger partial charge >= 0.3 is 0 Å². The number of hydrogen-bond donors (Lipinski definition) is 1. The van der Waals surface area contributed by atoms with E-state index in [0.717, 1.165) is 0 Å². The van der Waals surface area contributed by atoms with Gasteiger partial charge < -0.3 is 5.11 Å². The topological polar surface area (TPSA) is 44.0 Å². The summed E-state index contributed by atoms with van der Waals surface area (Å²) >= 11 is 0. The van der Waals surface area contributed by atoms with E-state index in [4.69, 9.17) is 5.26 Å². The molecule has 0 aromatic heterocycles. The summed E-state index contributed by atoms with van der Waals surface area (Å²) in [6.45, 7) is 7.56. The van der Waals surface area contributed by atoms with E-state index < -0.39 is 5.60 Å². The average molecular weight is 155 g/mol. The molecule has 0 spiro atoms. The molecular formula is C9H17NO. The Kier molecular flexibility index (Phi) is 3.54. The highest BCUT2D eigenvalue weighted by Crippen LogP contribution is 2.24. The summed E-state index contributed by atoms with van der Waals surface area (Å²) < 4.78 is 0. The minimum absolute atomic E-state index is 0.287. The van der Waals surface area contributed by atoms with Crippen molar-refractivity contribution >= 4 is 0 Å². The first-order valence-electron chi connectivity index (χ1n) is 4.02. The van der Waals surface area contributed by atoms with Crippen molar-refractivity contribution in [2.75, 3.05) is 0 Å². The molecule has 2 unspecified atom stereocenters. The summed E-state index contributed by atoms with van der Waals surface area (Å²) in [4.78, 5) is 0. The van der Waals surface area contributed by atoms with Crippen LogP contribution in [0.3, 0.4) is 0 Å². The minimum atomic E-state index is -0.830. The molecular weight excluding hydrogens is 138 g/mol. The molecule has 2 nitrogen and oxygen atoms in total. The van der Waals surface area contributed by atoms with E-state index in [0.29, 0.717) is 12.3 Å². The SMILES string of the molecule is CC(C)CC(C)(O)C(C)C#N. The standard InChI is InChI=1S/C9H17NO/c1-7(2)5-9(4,11)8(3)6-10/h7-8,11H,5H2,1-4H3. The predicted molar refractivity (Wildman–Crippen MR) is 44.9 cm³/mol. The maximum atomic E-state index is 9.73. The Balaban J connectivity index is 4.12. The molecule has 0 saturated heterocycles. The van der Waals surface area contributed by atoms with Gasteiger partial charge in [-0.3, -0.25) is 0 Å². The quantitative estimate of drug-likeness (QED) is 0.677. The van der Waals surface area contributed by atoms with Gasteiger partial charge in [-0.15, -0.1) is 0 Å². The molecule has 0 heterocycles. The normalized spacial score (nSPS) is 19.0. The molecule has 64 valence electrons. The fourth-order valence-electron chi connectivity index (χ4n) is 1.14. The van der Waals surface area contributed by atoms with Gasteiger partial charge in [0.25, 0.3) is 0 Å². The van der Waals surface area contributed by atoms with Crippen LogP contribution < -0.4 is 0 Å². The van der Waals surface area contributed by atoms with Gasteiger partial charge in [0.15, 0.2) is 0 Å². The van der Waals surface area contributed by atoms with Crippen molar-refractivity contribution in [2.24, 2.45) is 11.8 Å². The Hall–Kier alpha value is -0.550. The van der Waals surface area contributed by atoms with Gasteiger partial charge in [-0.1, -0.05) is 13.8 Å². The maximum Gasteiger partial charge on any atom is 0.0777 e. The lowest BCUT2D eigenvalue weighted by atomic mass is 9.84. The van der Waals surface area contributed by atoms with Crippen LogP contribution in [0.1, 0.15) is 34.1 Å². The molecule has 0 rings (SSSR count). The number of nitrogens with zero attached hydrogens (tertiary/aromatic N) is 1. The summed E-state index contributed by atoms with van der Waals surface area (Å²) in [7, 11) is 0. The molecule has 1 N–H and O–H groups in total. The van der Waals surface area contributed by atoms with Crippen molar-refractivity contribution in [3.8, 4) is 6.07 Å². The zero-order valence-corrected chi connectivity index (χ0v) is 7.76. The first-order valence-corrected chi connectivity index (χ1v) is 4.02. The molecule has 11 heavy (non-hydrogen) atoms. The second-order valence-electron chi connectivity index (χ2n) is 3.81. The highest BCUT2D eigenvalue weighted by atomic mass is 16.3. The lowest BCUT2D eigenvalue weighted by Crippen LogP contribution is -2.33. The van der Waals surface area contributed by atoms with Crippen molar-refractivity contribution in [3.05, 3.63) is 0 Å². The molecule has 2 heteroatoms. The smallest absolute Gasteiger partial charge is 0.0777 e. The van der Waals surface area contributed by atoms with E-state index >= 15 is 0 Å². The van der Waals surface area contributed by atoms with Crippen LogP contribution in [0.25, 0.3) is 0 Å². The number of hydrogen-bond acceptors (Lipinski definition) is 2. The fourth-order valence-corrected chi connectivity index (χ4v) is 1.14. The highest BCUT2D eigenvalue weighted by molar-refractivity contribution is 4.93. The summed E-state index contributed by atoms with van der Waals surface area (Å²) in [5, 5.41) is 18.3. The molecule has 0 bridgehead atoms. The van der Waals surface area contributed by atoms with Crippen molar-refractivity contribution in [2.45, 2.75) is 39.7 Å². The maximum absolute atomic E-state index is 9.73. The van der Waals surface area contributed by atoms with E-state index in [1.54, 1.807) is 13.8 Å². The van der Waals surface area contributed by atoms with Crippen LogP contribution >= 0.6 is 0 Å². The van der Waals surface area contributed by atoms with Crippen LogP contribution in [0.4, 0.5) is 0 Å². The number of aliphatic hydroxyl groups is 1. The van der Waals surface area contributed by atoms with Gasteiger partial charge in [-0.2, -0.15) is 5.26 Å². The first-order chi connectivity index (χ1) is 4.90. The Labute approximate surface area is 68.8 Å². The van der Waals surface area contributed by atoms with Crippen LogP contribution in [0.5, 0.6) is 0 Å². The van der Waals surface area contributed by atoms with Gasteiger partial charge in [0, 0.05) is 0 Å². The van der Waals surface area contributed by atoms with Crippen LogP contribution in [-0.2, 0) is 0 Å². The molecule has 0 amide bonds. The molecule has 0 aromatic rings. The Bertz CT molecular complexity index is 155. The minimum Gasteiger partial charge on any atom is -0.389 e. The van der Waals surface area contributed by atoms with E-state index in [1.165, 1.54) is 0 Å². The fraction of sp³-hybridized carbons (Fsp3) is 0.889. The molecule has 0 aliphatic heterocycles. The van der Waals surface area contributed by atoms with Crippen molar-refractivity contribution < 1.29 is 5.11 Å². The van der Waals surface area contributed by atoms with E-state index in [1.807, 2.05) is 13.8 Å². The molecule has 0 radical (unpaired) electrons. The summed E-state index contributed by atoms with van der Waals surface area (Å²) in [6, 6.07) is 2.06. The van der Waals surface area contributed by atoms with Gasteiger partial charge in [-0.25, -0.2) is 0 Å². The average Bonchev–Trinajstić information content (AvgIpc) is 1.83. The van der Waals surface area contributed by atoms with Crippen molar-refractivity contribution in [1.29, 1.82) is 5.26 Å². The molecule has 0 fully saturated rings. The Morgan fingerprint density at radius 1 is 1.45 bits per heavy atom. The zero-order chi connectivity index (χ0) is 9.07. The third-order valence-electron chi connectivity index (χ3n) is 1.95. The van der Waals surface area contributed by atoms with Crippen LogP contribution in [-0.4, -0.2) is 10.7 Å². The largest absolute Gasteiger partial charge is 0.389 e. The van der Waals surface area contributed by atoms with Crippen LogP contribution in [0, 0.1) is 23.2 Å². The predicted octanol–water partition coefficient (Wildman–Crippen LogP) is 1.94. The lowest BCUT2D eigenvalue weighted by molar-refractivity contribution is 0.00755. The summed E-state index contributed by atoms with van der Waals surface area (Å²) in [5.74, 6) is 0.144. The summed E-state index contributed by atoms with van der Waals surface area (Å²) in [5.41, 5.74) is -0.830. The van der Waals surface area contributed by atoms with E-state index in [9.17, 15) is 5.11 Å². The van der Waals surface area contributed by atoms with Gasteiger partial charge in [0.05, 0.1) is 17.6 Å². The second-order valence-corrected chi connectivity index (χ2v) is 3.81. The lowest BCUT2D eigenvalue weighted by Gasteiger charge is -2.27. The van der Waals surface area contributed by atoms with Gasteiger partial charge in [0.1, 0.15) is 0 Å². The molecule has 0 saturated carbocycles. The highest BCUT2D eigenvalue weighted by Gasteiger charge is 2.28. The van der Waals surface area contributed by atoms with Crippen molar-refractivity contribution in [1.82, 2.24) is 0 Å². The molecule has 0 aliphatic carbocycles. The number of rotatable bonds is 3. The van der Waals surface area contributed by atoms with Gasteiger partial charge in [0.2, 0.25) is 0 Å². The monoisotopic (exact) mass is 155 g/mol. The second kappa shape index (κ2) is 3.73. The van der Waals surface area contributed by atoms with Crippen LogP contribution in [0.2, 0.25) is 0 Å². The molecule has 0 aromatic carbocycles. The first kappa shape index (κ1) is 10.4. The Morgan fingerprint density at radius 3 is 2.18 bits per heavy atom. The third-order valence-corrected chi connectivity index (χ3v) is 1.95. The zero-order valence-electron chi connectivity index (χ0n) is 7.76. The number of nitriles is 1. The van der Waals surface area contributed by atoms with Crippen LogP contribution in [0.15, 0.2) is 0 Å². The van der Waals surface area contributed by atoms with Gasteiger partial charge in [-0.05, 0) is 26.2 Å². The van der Waals surface area contributed by atoms with E-state index in [2.05, 4.69) is 6.07 Å². The molecule has 0 aliphatic rings. The summed E-state index contributed by atoms with van der Waals surface area (Å²) in [6.07, 6.45) is 0.682. The third kappa shape index (κ3) is 3.38. The van der Waals surface area contributed by atoms with E-state index in [-0.39, 0.29) is 5.92 Å². The Morgan fingerprint density at radius 2 is 1.91 bits per heavy atom.